The van der Waals surface area contributed by atoms with Gasteiger partial charge in [0, 0.05) is 0 Å². The molecule has 0 radical (unpaired) electrons. The van der Waals surface area contributed by atoms with Gasteiger partial charge in [-0.2, -0.15) is 0 Å². The number of allylic oxidation sites excluding steroid dienone is 1. The van der Waals surface area contributed by atoms with Crippen LogP contribution in [0, 0.1) is 13.8 Å². The van der Waals surface area contributed by atoms with Crippen molar-refractivity contribution in [3.05, 3.63) is 47.2 Å². The van der Waals surface area contributed by atoms with Gasteiger partial charge in [0.25, 0.3) is 0 Å². The topological polar surface area (TPSA) is 29.5 Å². The third-order valence-corrected chi connectivity index (χ3v) is 2.30. The van der Waals surface area contributed by atoms with Crippen LogP contribution in [0.4, 0.5) is 0 Å². The van der Waals surface area contributed by atoms with E-state index < -0.39 is 0 Å². The maximum absolute atomic E-state index is 9.63. The number of aromatic hydroxyl groups is 1. The minimum atomic E-state index is 0.362. The van der Waals surface area contributed by atoms with Crippen LogP contribution < -0.4 is 0 Å². The lowest BCUT2D eigenvalue weighted by atomic mass is 10.1. The van der Waals surface area contributed by atoms with E-state index in [9.17, 15) is 5.11 Å². The van der Waals surface area contributed by atoms with Crippen LogP contribution in [0.5, 0.6) is 5.75 Å². The molecular formula is C14H18O2. The zero-order valence-corrected chi connectivity index (χ0v) is 10.1. The Bertz CT molecular complexity index is 394. The number of aryl methyl sites for hydroxylation is 2. The van der Waals surface area contributed by atoms with E-state index in [1.54, 1.807) is 0 Å². The molecule has 0 spiro atoms. The molecule has 1 rings (SSSR count). The van der Waals surface area contributed by atoms with Gasteiger partial charge in [0.2, 0.25) is 0 Å². The average molecular weight is 218 g/mol. The molecule has 0 aliphatic heterocycles. The smallest absolute Gasteiger partial charge is 0.121 e. The Morgan fingerprint density at radius 2 is 1.94 bits per heavy atom. The van der Waals surface area contributed by atoms with Gasteiger partial charge < -0.3 is 9.84 Å². The van der Waals surface area contributed by atoms with Gasteiger partial charge in [-0.05, 0) is 55.7 Å². The van der Waals surface area contributed by atoms with Crippen LogP contribution >= 0.6 is 0 Å². The van der Waals surface area contributed by atoms with Crippen molar-refractivity contribution in [2.24, 2.45) is 0 Å². The molecule has 1 N–H and O–H groups in total. The Morgan fingerprint density at radius 3 is 2.44 bits per heavy atom. The maximum Gasteiger partial charge on any atom is 0.121 e. The van der Waals surface area contributed by atoms with Crippen LogP contribution in [0.25, 0.3) is 6.08 Å². The van der Waals surface area contributed by atoms with E-state index in [1.807, 2.05) is 45.1 Å². The number of hydrogen-bond donors (Lipinski definition) is 1. The SMILES string of the molecule is C=C(/C=C/c1cc(C)c(O)c(C)c1)OCC. The Morgan fingerprint density at radius 1 is 1.38 bits per heavy atom. The molecule has 0 saturated heterocycles. The molecule has 0 atom stereocenters. The summed E-state index contributed by atoms with van der Waals surface area (Å²) in [4.78, 5) is 0. The Labute approximate surface area is 96.9 Å². The highest BCUT2D eigenvalue weighted by atomic mass is 16.5. The number of phenolic OH excluding ortho intramolecular Hbond substituents is 1. The molecule has 2 heteroatoms. The summed E-state index contributed by atoms with van der Waals surface area (Å²) in [7, 11) is 0. The second kappa shape index (κ2) is 5.40. The van der Waals surface area contributed by atoms with E-state index >= 15 is 0 Å². The van der Waals surface area contributed by atoms with E-state index in [0.29, 0.717) is 18.1 Å². The summed E-state index contributed by atoms with van der Waals surface area (Å²) in [5.41, 5.74) is 2.79. The lowest BCUT2D eigenvalue weighted by Gasteiger charge is -2.05. The van der Waals surface area contributed by atoms with Crippen molar-refractivity contribution >= 4 is 6.08 Å². The maximum atomic E-state index is 9.63. The van der Waals surface area contributed by atoms with Crippen molar-refractivity contribution in [1.29, 1.82) is 0 Å². The van der Waals surface area contributed by atoms with Crippen molar-refractivity contribution in [3.63, 3.8) is 0 Å². The molecule has 86 valence electrons. The Balaban J connectivity index is 2.86. The summed E-state index contributed by atoms with van der Waals surface area (Å²) in [6.45, 7) is 10.1. The summed E-state index contributed by atoms with van der Waals surface area (Å²) < 4.78 is 5.22. The van der Waals surface area contributed by atoms with Crippen molar-refractivity contribution in [2.45, 2.75) is 20.8 Å². The quantitative estimate of drug-likeness (QED) is 0.618. The highest BCUT2D eigenvalue weighted by molar-refractivity contribution is 5.57. The van der Waals surface area contributed by atoms with E-state index in [1.165, 1.54) is 0 Å². The summed E-state index contributed by atoms with van der Waals surface area (Å²) in [6, 6.07) is 3.86. The van der Waals surface area contributed by atoms with Gasteiger partial charge in [0.1, 0.15) is 11.5 Å². The van der Waals surface area contributed by atoms with Crippen molar-refractivity contribution in [2.75, 3.05) is 6.61 Å². The number of phenols is 1. The molecule has 0 heterocycles. The van der Waals surface area contributed by atoms with Crippen LogP contribution in [-0.2, 0) is 4.74 Å². The Hall–Kier alpha value is -1.70. The third kappa shape index (κ3) is 3.16. The third-order valence-electron chi connectivity index (χ3n) is 2.30. The fourth-order valence-electron chi connectivity index (χ4n) is 1.51. The second-order valence-corrected chi connectivity index (χ2v) is 3.74. The molecule has 0 bridgehead atoms. The number of ether oxygens (including phenoxy) is 1. The van der Waals surface area contributed by atoms with Gasteiger partial charge in [0.15, 0.2) is 0 Å². The lowest BCUT2D eigenvalue weighted by molar-refractivity contribution is 0.244. The summed E-state index contributed by atoms with van der Waals surface area (Å²) in [5, 5.41) is 9.63. The average Bonchev–Trinajstić information content (AvgIpc) is 2.23. The highest BCUT2D eigenvalue weighted by Crippen LogP contribution is 2.23. The molecule has 0 unspecified atom stereocenters. The zero-order valence-electron chi connectivity index (χ0n) is 10.1. The van der Waals surface area contributed by atoms with Gasteiger partial charge in [-0.15, -0.1) is 0 Å². The van der Waals surface area contributed by atoms with E-state index in [-0.39, 0.29) is 0 Å². The van der Waals surface area contributed by atoms with Gasteiger partial charge in [-0.3, -0.25) is 0 Å². The van der Waals surface area contributed by atoms with Gasteiger partial charge in [0.05, 0.1) is 6.61 Å². The molecule has 0 aromatic heterocycles. The number of benzene rings is 1. The zero-order chi connectivity index (χ0) is 12.1. The summed E-state index contributed by atoms with van der Waals surface area (Å²) in [6.07, 6.45) is 3.76. The highest BCUT2D eigenvalue weighted by Gasteiger charge is 2.01. The molecular weight excluding hydrogens is 200 g/mol. The first-order chi connectivity index (χ1) is 7.54. The molecule has 0 aliphatic rings. The lowest BCUT2D eigenvalue weighted by Crippen LogP contribution is -1.86. The minimum absolute atomic E-state index is 0.362. The van der Waals surface area contributed by atoms with Crippen molar-refractivity contribution in [1.82, 2.24) is 0 Å². The molecule has 16 heavy (non-hydrogen) atoms. The van der Waals surface area contributed by atoms with Crippen LogP contribution in [0.15, 0.2) is 30.5 Å². The standard InChI is InChI=1S/C14H18O2/c1-5-16-12(4)6-7-13-8-10(2)14(15)11(3)9-13/h6-9,15H,4-5H2,1-3H3/b7-6+. The fourth-order valence-corrected chi connectivity index (χ4v) is 1.51. The molecule has 2 nitrogen and oxygen atoms in total. The molecule has 1 aromatic carbocycles. The molecule has 0 aliphatic carbocycles. The van der Waals surface area contributed by atoms with Gasteiger partial charge in [-0.25, -0.2) is 0 Å². The number of hydrogen-bond acceptors (Lipinski definition) is 2. The normalized spacial score (nSPS) is 10.7. The van der Waals surface area contributed by atoms with Gasteiger partial charge in [-0.1, -0.05) is 12.7 Å². The van der Waals surface area contributed by atoms with Crippen LogP contribution in [-0.4, -0.2) is 11.7 Å². The van der Waals surface area contributed by atoms with Crippen molar-refractivity contribution in [3.8, 4) is 5.75 Å². The second-order valence-electron chi connectivity index (χ2n) is 3.74. The largest absolute Gasteiger partial charge is 0.507 e. The van der Waals surface area contributed by atoms with Gasteiger partial charge >= 0.3 is 0 Å². The molecule has 0 fully saturated rings. The first-order valence-corrected chi connectivity index (χ1v) is 5.34. The van der Waals surface area contributed by atoms with E-state index in [2.05, 4.69) is 6.58 Å². The van der Waals surface area contributed by atoms with Crippen molar-refractivity contribution < 1.29 is 9.84 Å². The monoisotopic (exact) mass is 218 g/mol. The van der Waals surface area contributed by atoms with Crippen LogP contribution in [0.3, 0.4) is 0 Å². The first-order valence-electron chi connectivity index (χ1n) is 5.34. The van der Waals surface area contributed by atoms with Crippen LogP contribution in [0.1, 0.15) is 23.6 Å². The minimum Gasteiger partial charge on any atom is -0.507 e. The number of rotatable bonds is 4. The first kappa shape index (κ1) is 12.4. The molecule has 0 amide bonds. The molecule has 1 aromatic rings. The van der Waals surface area contributed by atoms with Crippen LogP contribution in [0.2, 0.25) is 0 Å². The Kier molecular flexibility index (Phi) is 4.18. The predicted octanol–water partition coefficient (Wildman–Crippen LogP) is 3.57. The van der Waals surface area contributed by atoms with E-state index in [4.69, 9.17) is 4.74 Å². The molecule has 0 saturated carbocycles. The summed E-state index contributed by atoms with van der Waals surface area (Å²) >= 11 is 0. The fraction of sp³-hybridized carbons (Fsp3) is 0.286. The summed E-state index contributed by atoms with van der Waals surface area (Å²) in [5.74, 6) is 1.01. The van der Waals surface area contributed by atoms with E-state index in [0.717, 1.165) is 16.7 Å². The predicted molar refractivity (Wildman–Crippen MR) is 67.4 cm³/mol.